The maximum Gasteiger partial charge on any atom is 0.0713 e. The van der Waals surface area contributed by atoms with Crippen LogP contribution >= 0.6 is 0 Å². The zero-order chi connectivity index (χ0) is 51.4. The van der Waals surface area contributed by atoms with E-state index in [0.717, 1.165) is 49.8 Å². The smallest absolute Gasteiger partial charge is 0.0713 e. The van der Waals surface area contributed by atoms with Gasteiger partial charge >= 0.3 is 0 Å². The second-order valence-electron chi connectivity index (χ2n) is 20.8. The Hall–Kier alpha value is -9.30. The van der Waals surface area contributed by atoms with Gasteiger partial charge in [-0.25, -0.2) is 0 Å². The van der Waals surface area contributed by atoms with Gasteiger partial charge < -0.3 is 4.90 Å². The average Bonchev–Trinajstić information content (AvgIpc) is 4.05. The van der Waals surface area contributed by atoms with Crippen molar-refractivity contribution in [2.75, 3.05) is 4.90 Å². The number of benzene rings is 11. The minimum absolute atomic E-state index is 0.117. The molecule has 0 fully saturated rings. The lowest BCUT2D eigenvalue weighted by molar-refractivity contribution is 0.662. The van der Waals surface area contributed by atoms with E-state index in [1.54, 1.807) is 0 Å². The number of anilines is 3. The van der Waals surface area contributed by atoms with Crippen molar-refractivity contribution in [3.8, 4) is 55.6 Å². The molecule has 362 valence electrons. The summed E-state index contributed by atoms with van der Waals surface area (Å²) in [6.45, 7) is 11.2. The SMILES string of the molecule is C=c1cccc/c1=C(/C=C\C)c1cccc(-c2ccc(N(c3ccc(-c4ccc5c(c4)C(c4ccccc4)(c4ccccc4)c4ccccc4-5)cc3)c3ccc(-c4cccc5c4C(C)(C)c4ccccc4-5)cc3)cc2)c1. The van der Waals surface area contributed by atoms with Crippen molar-refractivity contribution >= 4 is 29.2 Å². The molecule has 0 N–H and O–H groups in total. The minimum atomic E-state index is -0.466. The van der Waals surface area contributed by atoms with Gasteiger partial charge in [-0.05, 0) is 166 Å². The van der Waals surface area contributed by atoms with Crippen molar-refractivity contribution in [3.63, 3.8) is 0 Å². The van der Waals surface area contributed by atoms with Crippen LogP contribution in [0.1, 0.15) is 59.7 Å². The molecule has 0 heterocycles. The highest BCUT2D eigenvalue weighted by molar-refractivity contribution is 5.91. The van der Waals surface area contributed by atoms with Crippen LogP contribution in [0.4, 0.5) is 17.1 Å². The van der Waals surface area contributed by atoms with Gasteiger partial charge in [-0.3, -0.25) is 0 Å². The monoisotopic (exact) mass is 971 g/mol. The van der Waals surface area contributed by atoms with Crippen LogP contribution in [-0.2, 0) is 10.8 Å². The fourth-order valence-corrected chi connectivity index (χ4v) is 12.7. The molecular weight excluding hydrogens is 915 g/mol. The third-order valence-electron chi connectivity index (χ3n) is 16.2. The molecule has 11 aromatic rings. The van der Waals surface area contributed by atoms with Gasteiger partial charge in [0.05, 0.1) is 5.41 Å². The van der Waals surface area contributed by atoms with E-state index in [-0.39, 0.29) is 5.41 Å². The first-order chi connectivity index (χ1) is 37.3. The van der Waals surface area contributed by atoms with Crippen molar-refractivity contribution < 1.29 is 0 Å². The molecule has 0 amide bonds. The van der Waals surface area contributed by atoms with Crippen LogP contribution in [0.3, 0.4) is 0 Å². The molecule has 0 unspecified atom stereocenters. The van der Waals surface area contributed by atoms with Gasteiger partial charge in [-0.2, -0.15) is 0 Å². The third kappa shape index (κ3) is 7.61. The number of hydrogen-bond donors (Lipinski definition) is 0. The fourth-order valence-electron chi connectivity index (χ4n) is 12.7. The predicted molar refractivity (Wildman–Crippen MR) is 321 cm³/mol. The van der Waals surface area contributed by atoms with Gasteiger partial charge in [0, 0.05) is 22.5 Å². The average molecular weight is 972 g/mol. The Morgan fingerprint density at radius 1 is 0.382 bits per heavy atom. The largest absolute Gasteiger partial charge is 0.311 e. The lowest BCUT2D eigenvalue weighted by Gasteiger charge is -2.34. The van der Waals surface area contributed by atoms with Gasteiger partial charge in [-0.15, -0.1) is 0 Å². The van der Waals surface area contributed by atoms with E-state index in [9.17, 15) is 0 Å². The Morgan fingerprint density at radius 2 is 0.855 bits per heavy atom. The minimum Gasteiger partial charge on any atom is -0.311 e. The molecule has 11 aromatic carbocycles. The molecule has 2 aliphatic rings. The molecule has 0 atom stereocenters. The van der Waals surface area contributed by atoms with Gasteiger partial charge in [0.15, 0.2) is 0 Å². The molecule has 0 saturated heterocycles. The van der Waals surface area contributed by atoms with Crippen LogP contribution in [0.15, 0.2) is 279 Å². The van der Waals surface area contributed by atoms with E-state index in [2.05, 4.69) is 305 Å². The zero-order valence-corrected chi connectivity index (χ0v) is 43.2. The van der Waals surface area contributed by atoms with E-state index in [1.165, 1.54) is 77.9 Å². The molecule has 0 radical (unpaired) electrons. The summed E-state index contributed by atoms with van der Waals surface area (Å²) in [7, 11) is 0. The molecule has 2 aliphatic carbocycles. The number of rotatable bonds is 10. The molecule has 0 bridgehead atoms. The summed E-state index contributed by atoms with van der Waals surface area (Å²) in [5.41, 5.74) is 25.3. The normalized spacial score (nSPS) is 13.9. The van der Waals surface area contributed by atoms with Gasteiger partial charge in [0.1, 0.15) is 0 Å². The van der Waals surface area contributed by atoms with E-state index in [4.69, 9.17) is 0 Å². The molecule has 0 spiro atoms. The van der Waals surface area contributed by atoms with Gasteiger partial charge in [0.2, 0.25) is 0 Å². The molecule has 0 aliphatic heterocycles. The second-order valence-corrected chi connectivity index (χ2v) is 20.8. The summed E-state index contributed by atoms with van der Waals surface area (Å²) in [6.07, 6.45) is 4.30. The topological polar surface area (TPSA) is 3.24 Å². The Labute approximate surface area is 447 Å². The van der Waals surface area contributed by atoms with E-state index in [1.807, 2.05) is 6.07 Å². The zero-order valence-electron chi connectivity index (χ0n) is 43.2. The molecule has 1 heteroatoms. The number of nitrogens with zero attached hydrogens (tertiary/aromatic N) is 1. The summed E-state index contributed by atoms with van der Waals surface area (Å²) in [5, 5.41) is 2.15. The molecule has 13 rings (SSSR count). The predicted octanol–water partition coefficient (Wildman–Crippen LogP) is 18.0. The summed E-state index contributed by atoms with van der Waals surface area (Å²) in [6, 6.07) is 98.5. The molecule has 76 heavy (non-hydrogen) atoms. The molecular formula is C75H57N. The lowest BCUT2D eigenvalue weighted by atomic mass is 9.67. The van der Waals surface area contributed by atoms with Crippen LogP contribution in [0, 0.1) is 0 Å². The maximum atomic E-state index is 4.36. The fraction of sp³-hybridized carbons (Fsp3) is 0.0667. The molecule has 0 saturated carbocycles. The Bertz CT molecular complexity index is 4090. The third-order valence-corrected chi connectivity index (χ3v) is 16.2. The highest BCUT2D eigenvalue weighted by Gasteiger charge is 2.46. The first kappa shape index (κ1) is 46.5. The number of hydrogen-bond acceptors (Lipinski definition) is 1. The summed E-state index contributed by atoms with van der Waals surface area (Å²) in [5.74, 6) is 0. The second kappa shape index (κ2) is 18.9. The number of fused-ring (bicyclic) bond motifs is 6. The highest BCUT2D eigenvalue weighted by atomic mass is 15.1. The lowest BCUT2D eigenvalue weighted by Crippen LogP contribution is -2.28. The van der Waals surface area contributed by atoms with Gasteiger partial charge in [-0.1, -0.05) is 251 Å². The summed E-state index contributed by atoms with van der Waals surface area (Å²) >= 11 is 0. The maximum absolute atomic E-state index is 4.36. The number of allylic oxidation sites excluding steroid dienone is 2. The van der Waals surface area contributed by atoms with Crippen molar-refractivity contribution in [1.29, 1.82) is 0 Å². The molecule has 0 aromatic heterocycles. The first-order valence-electron chi connectivity index (χ1n) is 26.5. The Morgan fingerprint density at radius 3 is 1.47 bits per heavy atom. The van der Waals surface area contributed by atoms with Crippen molar-refractivity contribution in [3.05, 3.63) is 328 Å². The van der Waals surface area contributed by atoms with Crippen LogP contribution < -0.4 is 15.3 Å². The van der Waals surface area contributed by atoms with Crippen molar-refractivity contribution in [2.24, 2.45) is 0 Å². The van der Waals surface area contributed by atoms with Crippen LogP contribution in [0.5, 0.6) is 0 Å². The Balaban J connectivity index is 0.903. The molecule has 1 nitrogen and oxygen atoms in total. The van der Waals surface area contributed by atoms with Crippen molar-refractivity contribution in [1.82, 2.24) is 0 Å². The summed E-state index contributed by atoms with van der Waals surface area (Å²) in [4.78, 5) is 2.39. The van der Waals surface area contributed by atoms with Crippen LogP contribution in [0.2, 0.25) is 0 Å². The summed E-state index contributed by atoms with van der Waals surface area (Å²) < 4.78 is 0. The first-order valence-corrected chi connectivity index (χ1v) is 26.5. The Kier molecular flexibility index (Phi) is 11.5. The van der Waals surface area contributed by atoms with E-state index >= 15 is 0 Å². The quantitative estimate of drug-likeness (QED) is 0.132. The van der Waals surface area contributed by atoms with Crippen LogP contribution in [0.25, 0.3) is 67.8 Å². The van der Waals surface area contributed by atoms with E-state index < -0.39 is 5.41 Å². The van der Waals surface area contributed by atoms with Gasteiger partial charge in [0.25, 0.3) is 0 Å². The highest BCUT2D eigenvalue weighted by Crippen LogP contribution is 2.57. The van der Waals surface area contributed by atoms with Crippen LogP contribution in [-0.4, -0.2) is 0 Å². The van der Waals surface area contributed by atoms with E-state index in [0.29, 0.717) is 0 Å². The standard InChI is InChI=1S/C75H57N/c1-5-20-64(63-28-13-12-21-51(63)2)57-23-18-22-55(49-57)52-35-42-60(43-36-52)76(62-46-39-54(40-47-62)65-31-19-32-69-67-30-14-16-33-70(67)74(3,4)73(65)69)61-44-37-53(38-45-61)56-41-48-68-66-29-15-17-34-71(66)75(72(68)50-56,58-24-8-6-9-25-58)59-26-10-7-11-27-59/h5-50H,2H2,1,3-4H3/b20-5-,64-63+. The van der Waals surface area contributed by atoms with Crippen molar-refractivity contribution in [2.45, 2.75) is 31.6 Å².